The van der Waals surface area contributed by atoms with Crippen LogP contribution in [0.5, 0.6) is 6.01 Å². The maximum absolute atomic E-state index is 12.1. The lowest BCUT2D eigenvalue weighted by molar-refractivity contribution is -0.136. The number of carbonyl (C=O) groups is 2. The third kappa shape index (κ3) is 4.23. The molecule has 0 aliphatic heterocycles. The SMILES string of the molecule is COc1nccc(C(=O)Nc2cncc(CCC(=O)O)c2)n1. The van der Waals surface area contributed by atoms with Crippen molar-refractivity contribution in [2.24, 2.45) is 0 Å². The molecule has 2 N–H and O–H groups in total. The Balaban J connectivity index is 2.07. The van der Waals surface area contributed by atoms with Crippen LogP contribution in [-0.2, 0) is 11.2 Å². The Hall–Kier alpha value is -3.03. The van der Waals surface area contributed by atoms with E-state index >= 15 is 0 Å². The first-order valence-electron chi connectivity index (χ1n) is 6.42. The van der Waals surface area contributed by atoms with Crippen molar-refractivity contribution in [1.29, 1.82) is 0 Å². The zero-order chi connectivity index (χ0) is 15.9. The fourth-order valence-electron chi connectivity index (χ4n) is 1.70. The van der Waals surface area contributed by atoms with Gasteiger partial charge in [0.15, 0.2) is 0 Å². The van der Waals surface area contributed by atoms with Gasteiger partial charge in [0.25, 0.3) is 5.91 Å². The molecule has 8 heteroatoms. The van der Waals surface area contributed by atoms with Gasteiger partial charge in [0.2, 0.25) is 0 Å². The number of aryl methyl sites for hydroxylation is 1. The van der Waals surface area contributed by atoms with Gasteiger partial charge < -0.3 is 15.2 Å². The van der Waals surface area contributed by atoms with Crippen LogP contribution in [0.3, 0.4) is 0 Å². The molecule has 114 valence electrons. The molecule has 1 amide bonds. The highest BCUT2D eigenvalue weighted by atomic mass is 16.5. The number of nitrogens with one attached hydrogen (secondary N) is 1. The van der Waals surface area contributed by atoms with E-state index in [4.69, 9.17) is 9.84 Å². The van der Waals surface area contributed by atoms with E-state index in [1.807, 2.05) is 0 Å². The summed E-state index contributed by atoms with van der Waals surface area (Å²) in [6.45, 7) is 0. The van der Waals surface area contributed by atoms with Crippen molar-refractivity contribution < 1.29 is 19.4 Å². The second kappa shape index (κ2) is 7.11. The van der Waals surface area contributed by atoms with Crippen molar-refractivity contribution in [2.75, 3.05) is 12.4 Å². The van der Waals surface area contributed by atoms with Gasteiger partial charge in [-0.25, -0.2) is 4.98 Å². The van der Waals surface area contributed by atoms with Crippen LogP contribution >= 0.6 is 0 Å². The number of carbonyl (C=O) groups excluding carboxylic acids is 1. The van der Waals surface area contributed by atoms with Gasteiger partial charge in [-0.05, 0) is 24.1 Å². The average molecular weight is 302 g/mol. The molecule has 0 bridgehead atoms. The van der Waals surface area contributed by atoms with E-state index in [9.17, 15) is 9.59 Å². The lowest BCUT2D eigenvalue weighted by Crippen LogP contribution is -2.14. The smallest absolute Gasteiger partial charge is 0.316 e. The fourth-order valence-corrected chi connectivity index (χ4v) is 1.70. The van der Waals surface area contributed by atoms with Crippen LogP contribution in [-0.4, -0.2) is 39.0 Å². The van der Waals surface area contributed by atoms with Gasteiger partial charge in [-0.15, -0.1) is 0 Å². The molecule has 0 fully saturated rings. The fraction of sp³-hybridized carbons (Fsp3) is 0.214. The zero-order valence-corrected chi connectivity index (χ0v) is 11.8. The number of pyridine rings is 1. The van der Waals surface area contributed by atoms with E-state index in [1.54, 1.807) is 12.3 Å². The van der Waals surface area contributed by atoms with Crippen molar-refractivity contribution in [1.82, 2.24) is 15.0 Å². The molecule has 8 nitrogen and oxygen atoms in total. The van der Waals surface area contributed by atoms with Crippen LogP contribution in [0.2, 0.25) is 0 Å². The lowest BCUT2D eigenvalue weighted by atomic mass is 10.1. The summed E-state index contributed by atoms with van der Waals surface area (Å²) < 4.78 is 4.86. The molecule has 0 aliphatic rings. The largest absolute Gasteiger partial charge is 0.481 e. The Labute approximate surface area is 126 Å². The number of methoxy groups -OCH3 is 1. The molecule has 0 unspecified atom stereocenters. The number of hydrogen-bond acceptors (Lipinski definition) is 6. The number of hydrogen-bond donors (Lipinski definition) is 2. The number of rotatable bonds is 6. The van der Waals surface area contributed by atoms with Gasteiger partial charge in [0.05, 0.1) is 19.0 Å². The van der Waals surface area contributed by atoms with Crippen LogP contribution in [0.25, 0.3) is 0 Å². The number of nitrogens with zero attached hydrogens (tertiary/aromatic N) is 3. The van der Waals surface area contributed by atoms with Crippen LogP contribution in [0.4, 0.5) is 5.69 Å². The van der Waals surface area contributed by atoms with Gasteiger partial charge in [-0.2, -0.15) is 4.98 Å². The van der Waals surface area contributed by atoms with Gasteiger partial charge in [-0.1, -0.05) is 0 Å². The highest BCUT2D eigenvalue weighted by Crippen LogP contribution is 2.12. The minimum Gasteiger partial charge on any atom is -0.481 e. The standard InChI is InChI=1S/C14H14N4O4/c1-22-14-16-5-4-11(18-14)13(21)17-10-6-9(7-15-8-10)2-3-12(19)20/h4-8H,2-3H2,1H3,(H,17,21)(H,19,20). The Morgan fingerprint density at radius 1 is 1.36 bits per heavy atom. The molecule has 0 saturated carbocycles. The minimum atomic E-state index is -0.887. The molecule has 0 aromatic carbocycles. The predicted octanol–water partition coefficient (Wildman–Crippen LogP) is 1.15. The maximum atomic E-state index is 12.1. The Bertz CT molecular complexity index is 690. The molecule has 2 heterocycles. The second-order valence-corrected chi connectivity index (χ2v) is 4.36. The maximum Gasteiger partial charge on any atom is 0.316 e. The highest BCUT2D eigenvalue weighted by Gasteiger charge is 2.10. The molecular weight excluding hydrogens is 288 g/mol. The molecule has 0 aliphatic carbocycles. The minimum absolute atomic E-state index is 0.00217. The monoisotopic (exact) mass is 302 g/mol. The van der Waals surface area contributed by atoms with E-state index in [-0.39, 0.29) is 18.1 Å². The van der Waals surface area contributed by atoms with Crippen LogP contribution < -0.4 is 10.1 Å². The summed E-state index contributed by atoms with van der Waals surface area (Å²) >= 11 is 0. The molecule has 22 heavy (non-hydrogen) atoms. The molecule has 0 spiro atoms. The van der Waals surface area contributed by atoms with Crippen molar-refractivity contribution in [3.63, 3.8) is 0 Å². The predicted molar refractivity (Wildman–Crippen MR) is 76.7 cm³/mol. The number of amides is 1. The lowest BCUT2D eigenvalue weighted by Gasteiger charge is -2.06. The summed E-state index contributed by atoms with van der Waals surface area (Å²) in [7, 11) is 1.41. The molecule has 0 saturated heterocycles. The number of aromatic nitrogens is 3. The summed E-state index contributed by atoms with van der Waals surface area (Å²) in [5.41, 5.74) is 1.34. The average Bonchev–Trinajstić information content (AvgIpc) is 2.53. The number of carboxylic acids is 1. The van der Waals surface area contributed by atoms with Crippen molar-refractivity contribution in [3.05, 3.63) is 42.0 Å². The highest BCUT2D eigenvalue weighted by molar-refractivity contribution is 6.02. The summed E-state index contributed by atoms with van der Waals surface area (Å²) in [6, 6.07) is 3.23. The van der Waals surface area contributed by atoms with E-state index in [1.165, 1.54) is 25.6 Å². The summed E-state index contributed by atoms with van der Waals surface area (Å²) in [6.07, 6.45) is 4.80. The number of anilines is 1. The normalized spacial score (nSPS) is 10.0. The number of ether oxygens (including phenoxy) is 1. The second-order valence-electron chi connectivity index (χ2n) is 4.36. The quantitative estimate of drug-likeness (QED) is 0.822. The molecule has 2 rings (SSSR count). The summed E-state index contributed by atoms with van der Waals surface area (Å²) in [5.74, 6) is -1.32. The molecule has 0 radical (unpaired) electrons. The first-order valence-corrected chi connectivity index (χ1v) is 6.42. The van der Waals surface area contributed by atoms with Gasteiger partial charge in [-0.3, -0.25) is 14.6 Å². The van der Waals surface area contributed by atoms with E-state index in [0.717, 1.165) is 5.56 Å². The molecule has 0 atom stereocenters. The Morgan fingerprint density at radius 2 is 2.18 bits per heavy atom. The summed E-state index contributed by atoms with van der Waals surface area (Å²) in [4.78, 5) is 34.4. The molecule has 2 aromatic heterocycles. The van der Waals surface area contributed by atoms with Crippen molar-refractivity contribution >= 4 is 17.6 Å². The number of carboxylic acid groups (broad SMARTS) is 1. The third-order valence-corrected chi connectivity index (χ3v) is 2.73. The van der Waals surface area contributed by atoms with Crippen molar-refractivity contribution in [3.8, 4) is 6.01 Å². The third-order valence-electron chi connectivity index (χ3n) is 2.73. The van der Waals surface area contributed by atoms with Gasteiger partial charge in [0.1, 0.15) is 5.69 Å². The summed E-state index contributed by atoms with van der Waals surface area (Å²) in [5, 5.41) is 11.3. The first kappa shape index (κ1) is 15.4. The Morgan fingerprint density at radius 3 is 2.91 bits per heavy atom. The zero-order valence-electron chi connectivity index (χ0n) is 11.8. The van der Waals surface area contributed by atoms with Crippen LogP contribution in [0.15, 0.2) is 30.7 Å². The first-order chi connectivity index (χ1) is 10.6. The molecular formula is C14H14N4O4. The Kier molecular flexibility index (Phi) is 4.97. The van der Waals surface area contributed by atoms with E-state index < -0.39 is 11.9 Å². The van der Waals surface area contributed by atoms with Gasteiger partial charge in [0, 0.05) is 18.8 Å². The van der Waals surface area contributed by atoms with Crippen LogP contribution in [0.1, 0.15) is 22.5 Å². The topological polar surface area (TPSA) is 114 Å². The van der Waals surface area contributed by atoms with Crippen molar-refractivity contribution in [2.45, 2.75) is 12.8 Å². The van der Waals surface area contributed by atoms with Gasteiger partial charge >= 0.3 is 12.0 Å². The molecule has 2 aromatic rings. The van der Waals surface area contributed by atoms with E-state index in [2.05, 4.69) is 20.3 Å². The van der Waals surface area contributed by atoms with E-state index in [0.29, 0.717) is 12.1 Å². The van der Waals surface area contributed by atoms with Crippen LogP contribution in [0, 0.1) is 0 Å². The number of aliphatic carboxylic acids is 1.